The Morgan fingerprint density at radius 1 is 1.33 bits per heavy atom. The van der Waals surface area contributed by atoms with Crippen LogP contribution in [0, 0.1) is 13.8 Å². The van der Waals surface area contributed by atoms with Gasteiger partial charge in [-0.25, -0.2) is 0 Å². The van der Waals surface area contributed by atoms with Gasteiger partial charge in [0, 0.05) is 24.7 Å². The molecule has 116 valence electrons. The number of nitrogens with zero attached hydrogens (tertiary/aromatic N) is 2. The lowest BCUT2D eigenvalue weighted by molar-refractivity contribution is 0.0614. The molecule has 5 heteroatoms. The molecule has 5 nitrogen and oxygen atoms in total. The van der Waals surface area contributed by atoms with Crippen LogP contribution < -0.4 is 5.32 Å². The molecule has 21 heavy (non-hydrogen) atoms. The molecule has 0 radical (unpaired) electrons. The number of nitrogens with one attached hydrogen (secondary N) is 1. The van der Waals surface area contributed by atoms with Crippen molar-refractivity contribution in [2.45, 2.75) is 71.0 Å². The van der Waals surface area contributed by atoms with Gasteiger partial charge in [-0.05, 0) is 46.0 Å². The number of hydrogen-bond acceptors (Lipinski definition) is 4. The van der Waals surface area contributed by atoms with E-state index in [4.69, 9.17) is 4.52 Å². The minimum absolute atomic E-state index is 0.0967. The third-order valence-corrected chi connectivity index (χ3v) is 4.86. The maximum Gasteiger partial charge on any atom is 0.259 e. The van der Waals surface area contributed by atoms with Crippen molar-refractivity contribution in [3.05, 3.63) is 17.0 Å². The lowest BCUT2D eigenvalue weighted by Crippen LogP contribution is -2.50. The second-order valence-corrected chi connectivity index (χ2v) is 6.46. The van der Waals surface area contributed by atoms with Gasteiger partial charge >= 0.3 is 0 Å². The van der Waals surface area contributed by atoms with Crippen molar-refractivity contribution in [1.82, 2.24) is 15.4 Å². The van der Waals surface area contributed by atoms with Gasteiger partial charge in [-0.1, -0.05) is 12.1 Å². The number of fused-ring (bicyclic) bond motifs is 2. The van der Waals surface area contributed by atoms with Crippen LogP contribution in [0.4, 0.5) is 0 Å². The van der Waals surface area contributed by atoms with Gasteiger partial charge in [-0.15, -0.1) is 0 Å². The molecule has 2 bridgehead atoms. The quantitative estimate of drug-likeness (QED) is 0.925. The summed E-state index contributed by atoms with van der Waals surface area (Å²) in [5, 5.41) is 7.58. The molecule has 0 spiro atoms. The van der Waals surface area contributed by atoms with Gasteiger partial charge in [0.05, 0.1) is 5.69 Å². The number of piperidine rings is 1. The lowest BCUT2D eigenvalue weighted by atomic mass is 9.97. The molecule has 2 aliphatic heterocycles. The maximum absolute atomic E-state index is 13.0. The van der Waals surface area contributed by atoms with E-state index >= 15 is 0 Å². The highest BCUT2D eigenvalue weighted by Gasteiger charge is 2.38. The van der Waals surface area contributed by atoms with Crippen LogP contribution in [-0.4, -0.2) is 40.6 Å². The van der Waals surface area contributed by atoms with Crippen LogP contribution in [0.5, 0.6) is 0 Å². The molecule has 0 aromatic carbocycles. The van der Waals surface area contributed by atoms with Gasteiger partial charge in [-0.3, -0.25) is 4.79 Å². The van der Waals surface area contributed by atoms with Crippen LogP contribution >= 0.6 is 0 Å². The fourth-order valence-electron chi connectivity index (χ4n) is 3.90. The Labute approximate surface area is 126 Å². The Balaban J connectivity index is 1.82. The third-order valence-electron chi connectivity index (χ3n) is 4.86. The van der Waals surface area contributed by atoms with Crippen molar-refractivity contribution >= 4 is 5.91 Å². The van der Waals surface area contributed by atoms with Crippen LogP contribution in [0.25, 0.3) is 0 Å². The molecule has 1 aromatic heterocycles. The Kier molecular flexibility index (Phi) is 4.02. The molecule has 0 saturated carbocycles. The van der Waals surface area contributed by atoms with E-state index in [1.54, 1.807) is 0 Å². The molecule has 1 amide bonds. The van der Waals surface area contributed by atoms with Crippen LogP contribution in [0.2, 0.25) is 0 Å². The molecule has 2 atom stereocenters. The summed E-state index contributed by atoms with van der Waals surface area (Å²) in [6, 6.07) is 1.53. The van der Waals surface area contributed by atoms with Crippen molar-refractivity contribution in [3.8, 4) is 0 Å². The summed E-state index contributed by atoms with van der Waals surface area (Å²) in [6.07, 6.45) is 5.63. The normalized spacial score (nSPS) is 27.9. The van der Waals surface area contributed by atoms with Crippen LogP contribution in [0.15, 0.2) is 4.52 Å². The molecule has 2 fully saturated rings. The fourth-order valence-corrected chi connectivity index (χ4v) is 3.90. The highest BCUT2D eigenvalue weighted by molar-refractivity contribution is 5.96. The van der Waals surface area contributed by atoms with E-state index in [0.717, 1.165) is 25.8 Å². The largest absolute Gasteiger partial charge is 0.361 e. The lowest BCUT2D eigenvalue weighted by Gasteiger charge is -2.37. The monoisotopic (exact) mass is 291 g/mol. The number of carbonyl (C=O) groups excluding carboxylic acids is 1. The van der Waals surface area contributed by atoms with Gasteiger partial charge < -0.3 is 14.7 Å². The standard InChI is InChI=1S/C16H25N3O2/c1-4-7-19(14-8-12-5-6-13(9-14)17-12)16(20)15-10(2)18-21-11(15)3/h12-14,17H,4-9H2,1-3H3. The summed E-state index contributed by atoms with van der Waals surface area (Å²) < 4.78 is 5.18. The first kappa shape index (κ1) is 14.6. The Morgan fingerprint density at radius 2 is 2.00 bits per heavy atom. The average molecular weight is 291 g/mol. The van der Waals surface area contributed by atoms with E-state index in [-0.39, 0.29) is 5.91 Å². The van der Waals surface area contributed by atoms with Gasteiger partial charge in [0.1, 0.15) is 11.3 Å². The van der Waals surface area contributed by atoms with E-state index in [1.165, 1.54) is 12.8 Å². The molecule has 3 rings (SSSR count). The molecule has 0 aliphatic carbocycles. The summed E-state index contributed by atoms with van der Waals surface area (Å²) in [7, 11) is 0. The smallest absolute Gasteiger partial charge is 0.259 e. The maximum atomic E-state index is 13.0. The molecule has 2 aliphatic rings. The van der Waals surface area contributed by atoms with Crippen molar-refractivity contribution in [2.24, 2.45) is 0 Å². The van der Waals surface area contributed by atoms with Crippen molar-refractivity contribution < 1.29 is 9.32 Å². The van der Waals surface area contributed by atoms with Crippen molar-refractivity contribution in [2.75, 3.05) is 6.54 Å². The van der Waals surface area contributed by atoms with Gasteiger partial charge in [0.15, 0.2) is 0 Å². The highest BCUT2D eigenvalue weighted by Crippen LogP contribution is 2.31. The Morgan fingerprint density at radius 3 is 2.52 bits per heavy atom. The SMILES string of the molecule is CCCN(C(=O)c1c(C)noc1C)C1CC2CCC(C1)N2. The average Bonchev–Trinajstić information content (AvgIpc) is 2.97. The summed E-state index contributed by atoms with van der Waals surface area (Å²) in [5.41, 5.74) is 1.37. The molecular weight excluding hydrogens is 266 g/mol. The zero-order valence-corrected chi connectivity index (χ0v) is 13.2. The van der Waals surface area contributed by atoms with Gasteiger partial charge in [0.25, 0.3) is 5.91 Å². The minimum Gasteiger partial charge on any atom is -0.361 e. The first-order valence-electron chi connectivity index (χ1n) is 8.10. The molecule has 1 aromatic rings. The minimum atomic E-state index is 0.0967. The highest BCUT2D eigenvalue weighted by atomic mass is 16.5. The number of rotatable bonds is 4. The number of aromatic nitrogens is 1. The summed E-state index contributed by atoms with van der Waals surface area (Å²) in [6.45, 7) is 6.61. The second kappa shape index (κ2) is 5.79. The predicted molar refractivity (Wildman–Crippen MR) is 80.3 cm³/mol. The van der Waals surface area contributed by atoms with Gasteiger partial charge in [0.2, 0.25) is 0 Å². The summed E-state index contributed by atoms with van der Waals surface area (Å²) in [5.74, 6) is 0.731. The number of hydrogen-bond donors (Lipinski definition) is 1. The van der Waals surface area contributed by atoms with Crippen LogP contribution in [0.3, 0.4) is 0 Å². The zero-order chi connectivity index (χ0) is 15.0. The van der Waals surface area contributed by atoms with Crippen molar-refractivity contribution in [3.63, 3.8) is 0 Å². The van der Waals surface area contributed by atoms with E-state index in [2.05, 4.69) is 22.3 Å². The first-order valence-corrected chi connectivity index (χ1v) is 8.10. The second-order valence-electron chi connectivity index (χ2n) is 6.46. The molecular formula is C16H25N3O2. The molecule has 2 unspecified atom stereocenters. The molecule has 1 N–H and O–H groups in total. The summed E-state index contributed by atoms with van der Waals surface area (Å²) >= 11 is 0. The Bertz CT molecular complexity index is 494. The van der Waals surface area contributed by atoms with E-state index in [0.29, 0.717) is 35.1 Å². The Hall–Kier alpha value is -1.36. The van der Waals surface area contributed by atoms with Crippen molar-refractivity contribution in [1.29, 1.82) is 0 Å². The zero-order valence-electron chi connectivity index (χ0n) is 13.2. The van der Waals surface area contributed by atoms with Crippen LogP contribution in [0.1, 0.15) is 60.8 Å². The number of amides is 1. The molecule has 2 saturated heterocycles. The number of carbonyl (C=O) groups is 1. The van der Waals surface area contributed by atoms with Gasteiger partial charge in [-0.2, -0.15) is 0 Å². The van der Waals surface area contributed by atoms with E-state index < -0.39 is 0 Å². The predicted octanol–water partition coefficient (Wildman–Crippen LogP) is 2.43. The first-order chi connectivity index (χ1) is 10.1. The van der Waals surface area contributed by atoms with E-state index in [9.17, 15) is 4.79 Å². The topological polar surface area (TPSA) is 58.4 Å². The van der Waals surface area contributed by atoms with Crippen LogP contribution in [-0.2, 0) is 0 Å². The fraction of sp³-hybridized carbons (Fsp3) is 0.750. The number of aryl methyl sites for hydroxylation is 2. The van der Waals surface area contributed by atoms with E-state index in [1.807, 2.05) is 13.8 Å². The molecule has 3 heterocycles. The summed E-state index contributed by atoms with van der Waals surface area (Å²) in [4.78, 5) is 15.0. The third kappa shape index (κ3) is 2.71.